The van der Waals surface area contributed by atoms with E-state index in [0.717, 1.165) is 21.5 Å². The number of hydrogen-bond acceptors (Lipinski definition) is 2. The van der Waals surface area contributed by atoms with Gasteiger partial charge in [0.1, 0.15) is 0 Å². The first-order valence-electron chi connectivity index (χ1n) is 6.79. The van der Waals surface area contributed by atoms with Gasteiger partial charge in [0.2, 0.25) is 0 Å². The number of fused-ring (bicyclic) bond motifs is 2. The highest BCUT2D eigenvalue weighted by Gasteiger charge is 2.13. The standard InChI is InChI=1S/C18H12Br2O2/c19-9-17(21)13-5-1-3-11-7-16-12(8-15(11)13)4-2-6-14(16)18(22)10-20/h1-8H,9-10H2. The third kappa shape index (κ3) is 2.61. The predicted octanol–water partition coefficient (Wildman–Crippen LogP) is 5.15. The molecule has 0 aliphatic heterocycles. The van der Waals surface area contributed by atoms with Gasteiger partial charge in [-0.05, 0) is 33.7 Å². The molecule has 22 heavy (non-hydrogen) atoms. The Morgan fingerprint density at radius 2 is 1.14 bits per heavy atom. The fourth-order valence-electron chi connectivity index (χ4n) is 2.68. The Kier molecular flexibility index (Phi) is 4.41. The molecule has 3 rings (SSSR count). The first kappa shape index (κ1) is 15.4. The molecule has 0 atom stereocenters. The second-order valence-electron chi connectivity index (χ2n) is 5.02. The topological polar surface area (TPSA) is 34.1 Å². The molecule has 0 N–H and O–H groups in total. The van der Waals surface area contributed by atoms with Crippen molar-refractivity contribution in [3.8, 4) is 0 Å². The summed E-state index contributed by atoms with van der Waals surface area (Å²) in [6, 6.07) is 15.3. The van der Waals surface area contributed by atoms with Gasteiger partial charge < -0.3 is 0 Å². The largest absolute Gasteiger partial charge is 0.293 e. The highest BCUT2D eigenvalue weighted by atomic mass is 79.9. The first-order valence-corrected chi connectivity index (χ1v) is 9.04. The number of alkyl halides is 2. The highest BCUT2D eigenvalue weighted by Crippen LogP contribution is 2.28. The summed E-state index contributed by atoms with van der Waals surface area (Å²) >= 11 is 6.46. The van der Waals surface area contributed by atoms with Crippen molar-refractivity contribution in [2.75, 3.05) is 10.7 Å². The average molecular weight is 420 g/mol. The molecule has 0 fully saturated rings. The van der Waals surface area contributed by atoms with Crippen LogP contribution in [0.3, 0.4) is 0 Å². The molecular weight excluding hydrogens is 408 g/mol. The number of carbonyl (C=O) groups is 2. The van der Waals surface area contributed by atoms with E-state index < -0.39 is 0 Å². The molecule has 0 radical (unpaired) electrons. The van der Waals surface area contributed by atoms with Gasteiger partial charge >= 0.3 is 0 Å². The number of Topliss-reactive ketones (excluding diaryl/α,β-unsaturated/α-hetero) is 2. The fourth-order valence-corrected chi connectivity index (χ4v) is 3.29. The maximum atomic E-state index is 12.1. The second-order valence-corrected chi connectivity index (χ2v) is 6.14. The van der Waals surface area contributed by atoms with Crippen LogP contribution >= 0.6 is 31.9 Å². The first-order chi connectivity index (χ1) is 10.7. The van der Waals surface area contributed by atoms with E-state index in [1.807, 2.05) is 48.5 Å². The van der Waals surface area contributed by atoms with E-state index in [1.165, 1.54) is 0 Å². The molecule has 3 aromatic rings. The maximum Gasteiger partial charge on any atom is 0.173 e. The van der Waals surface area contributed by atoms with Crippen LogP contribution in [0.4, 0.5) is 0 Å². The van der Waals surface area contributed by atoms with E-state index >= 15 is 0 Å². The Morgan fingerprint density at radius 1 is 0.727 bits per heavy atom. The number of carbonyl (C=O) groups excluding carboxylic acids is 2. The molecule has 0 amide bonds. The van der Waals surface area contributed by atoms with E-state index in [2.05, 4.69) is 31.9 Å². The zero-order valence-corrected chi connectivity index (χ0v) is 14.8. The minimum absolute atomic E-state index is 0.0534. The molecule has 2 nitrogen and oxygen atoms in total. The van der Waals surface area contributed by atoms with Gasteiger partial charge in [-0.1, -0.05) is 68.3 Å². The van der Waals surface area contributed by atoms with Gasteiger partial charge in [0.15, 0.2) is 11.6 Å². The quantitative estimate of drug-likeness (QED) is 0.333. The molecule has 0 unspecified atom stereocenters. The summed E-state index contributed by atoms with van der Waals surface area (Å²) in [5.74, 6) is 0.107. The van der Waals surface area contributed by atoms with Gasteiger partial charge in [0, 0.05) is 11.1 Å². The maximum absolute atomic E-state index is 12.1. The molecule has 0 bridgehead atoms. The monoisotopic (exact) mass is 418 g/mol. The number of rotatable bonds is 4. The Labute approximate surface area is 144 Å². The average Bonchev–Trinajstić information content (AvgIpc) is 2.57. The van der Waals surface area contributed by atoms with Gasteiger partial charge in [-0.15, -0.1) is 0 Å². The van der Waals surface area contributed by atoms with Crippen LogP contribution in [-0.4, -0.2) is 22.2 Å². The van der Waals surface area contributed by atoms with Crippen LogP contribution in [-0.2, 0) is 0 Å². The molecule has 4 heteroatoms. The van der Waals surface area contributed by atoms with Crippen LogP contribution in [0.25, 0.3) is 21.5 Å². The lowest BCUT2D eigenvalue weighted by Crippen LogP contribution is -2.02. The van der Waals surface area contributed by atoms with Crippen LogP contribution in [0.5, 0.6) is 0 Å². The van der Waals surface area contributed by atoms with Crippen molar-refractivity contribution < 1.29 is 9.59 Å². The third-order valence-corrected chi connectivity index (χ3v) is 4.74. The zero-order valence-electron chi connectivity index (χ0n) is 11.6. The van der Waals surface area contributed by atoms with Crippen molar-refractivity contribution in [1.29, 1.82) is 0 Å². The Bertz CT molecular complexity index is 825. The number of hydrogen-bond donors (Lipinski definition) is 0. The Morgan fingerprint density at radius 3 is 1.50 bits per heavy atom. The highest BCUT2D eigenvalue weighted by molar-refractivity contribution is 9.09. The molecule has 110 valence electrons. The van der Waals surface area contributed by atoms with Gasteiger partial charge in [-0.25, -0.2) is 0 Å². The molecule has 0 spiro atoms. The Hall–Kier alpha value is -1.52. The van der Waals surface area contributed by atoms with Crippen molar-refractivity contribution in [3.05, 3.63) is 59.7 Å². The normalized spacial score (nSPS) is 11.0. The molecule has 0 saturated heterocycles. The minimum atomic E-state index is 0.0534. The summed E-state index contributed by atoms with van der Waals surface area (Å²) in [5, 5.41) is 4.37. The van der Waals surface area contributed by atoms with Crippen molar-refractivity contribution in [2.24, 2.45) is 0 Å². The van der Waals surface area contributed by atoms with Gasteiger partial charge in [0.05, 0.1) is 10.7 Å². The summed E-state index contributed by atoms with van der Waals surface area (Å²) in [6.07, 6.45) is 0. The van der Waals surface area contributed by atoms with Crippen LogP contribution in [0.15, 0.2) is 48.5 Å². The van der Waals surface area contributed by atoms with E-state index in [0.29, 0.717) is 21.8 Å². The summed E-state index contributed by atoms with van der Waals surface area (Å²) < 4.78 is 0. The van der Waals surface area contributed by atoms with E-state index in [4.69, 9.17) is 0 Å². The van der Waals surface area contributed by atoms with Crippen LogP contribution in [0.1, 0.15) is 20.7 Å². The van der Waals surface area contributed by atoms with Crippen molar-refractivity contribution >= 4 is 65.0 Å². The van der Waals surface area contributed by atoms with Crippen LogP contribution in [0.2, 0.25) is 0 Å². The number of halogens is 2. The van der Waals surface area contributed by atoms with Crippen molar-refractivity contribution in [2.45, 2.75) is 0 Å². The minimum Gasteiger partial charge on any atom is -0.293 e. The Balaban J connectivity index is 2.36. The van der Waals surface area contributed by atoms with Gasteiger partial charge in [0.25, 0.3) is 0 Å². The zero-order chi connectivity index (χ0) is 15.7. The van der Waals surface area contributed by atoms with Crippen LogP contribution in [0, 0.1) is 0 Å². The lowest BCUT2D eigenvalue weighted by atomic mass is 9.95. The SMILES string of the molecule is O=C(CBr)c1cccc2cc3c(C(=O)CBr)cccc3cc12. The molecular formula is C18H12Br2O2. The second kappa shape index (κ2) is 6.31. The van der Waals surface area contributed by atoms with Crippen LogP contribution < -0.4 is 0 Å². The van der Waals surface area contributed by atoms with Crippen molar-refractivity contribution in [1.82, 2.24) is 0 Å². The van der Waals surface area contributed by atoms with E-state index in [-0.39, 0.29) is 11.6 Å². The molecule has 0 aromatic heterocycles. The molecule has 0 saturated carbocycles. The smallest absolute Gasteiger partial charge is 0.173 e. The summed E-state index contributed by atoms with van der Waals surface area (Å²) in [6.45, 7) is 0. The van der Waals surface area contributed by atoms with E-state index in [1.54, 1.807) is 0 Å². The summed E-state index contributed by atoms with van der Waals surface area (Å²) in [5.41, 5.74) is 1.40. The fraction of sp³-hybridized carbons (Fsp3) is 0.111. The van der Waals surface area contributed by atoms with Crippen molar-refractivity contribution in [3.63, 3.8) is 0 Å². The number of ketones is 2. The van der Waals surface area contributed by atoms with Gasteiger partial charge in [-0.3, -0.25) is 9.59 Å². The van der Waals surface area contributed by atoms with E-state index in [9.17, 15) is 9.59 Å². The molecule has 0 aliphatic carbocycles. The summed E-state index contributed by atoms with van der Waals surface area (Å²) in [7, 11) is 0. The van der Waals surface area contributed by atoms with Gasteiger partial charge in [-0.2, -0.15) is 0 Å². The lowest BCUT2D eigenvalue weighted by Gasteiger charge is -2.09. The summed E-state index contributed by atoms with van der Waals surface area (Å²) in [4.78, 5) is 24.2. The third-order valence-electron chi connectivity index (χ3n) is 3.72. The number of benzene rings is 3. The molecule has 0 aliphatic rings. The molecule has 0 heterocycles. The lowest BCUT2D eigenvalue weighted by molar-refractivity contribution is 0.101. The molecule has 3 aromatic carbocycles. The predicted molar refractivity (Wildman–Crippen MR) is 97.7 cm³/mol.